The van der Waals surface area contributed by atoms with Crippen LogP contribution in [0.3, 0.4) is 0 Å². The summed E-state index contributed by atoms with van der Waals surface area (Å²) < 4.78 is 4.75. The number of methoxy groups -OCH3 is 1. The number of phenolic OH excluding ortho intramolecular Hbond substituents is 1. The van der Waals surface area contributed by atoms with Crippen LogP contribution in [0.2, 0.25) is 19.6 Å². The molecule has 4 nitrogen and oxygen atoms in total. The van der Waals surface area contributed by atoms with Gasteiger partial charge in [0.05, 0.1) is 21.2 Å². The third-order valence-electron chi connectivity index (χ3n) is 3.74. The Labute approximate surface area is 138 Å². The van der Waals surface area contributed by atoms with Crippen LogP contribution in [0, 0.1) is 0 Å². The van der Waals surface area contributed by atoms with Crippen molar-refractivity contribution in [3.63, 3.8) is 0 Å². The molecule has 122 valence electrons. The molecule has 0 aliphatic rings. The van der Waals surface area contributed by atoms with Gasteiger partial charge >= 0.3 is 6.09 Å². The Morgan fingerprint density at radius 1 is 1.09 bits per heavy atom. The summed E-state index contributed by atoms with van der Waals surface area (Å²) in [5, 5.41) is 14.0. The van der Waals surface area contributed by atoms with Crippen molar-refractivity contribution >= 4 is 19.4 Å². The molecule has 2 aromatic carbocycles. The molecular formula is C18H23NO3Si. The number of amides is 1. The fraction of sp³-hybridized carbons (Fsp3) is 0.278. The van der Waals surface area contributed by atoms with Crippen LogP contribution >= 0.6 is 0 Å². The molecule has 2 rings (SSSR count). The summed E-state index contributed by atoms with van der Waals surface area (Å²) in [4.78, 5) is 11.7. The van der Waals surface area contributed by atoms with E-state index in [2.05, 4.69) is 25.0 Å². The molecule has 0 bridgehead atoms. The second kappa shape index (κ2) is 6.87. The Morgan fingerprint density at radius 3 is 2.30 bits per heavy atom. The summed E-state index contributed by atoms with van der Waals surface area (Å²) >= 11 is 0. The molecule has 0 aliphatic heterocycles. The number of ether oxygens (including phenoxy) is 1. The summed E-state index contributed by atoms with van der Waals surface area (Å²) in [6, 6.07) is 14.9. The van der Waals surface area contributed by atoms with E-state index in [1.807, 2.05) is 42.5 Å². The lowest BCUT2D eigenvalue weighted by Crippen LogP contribution is -2.38. The number of carbonyl (C=O) groups excluding carboxylic acids is 1. The van der Waals surface area contributed by atoms with Gasteiger partial charge in [-0.2, -0.15) is 0 Å². The molecule has 0 radical (unpaired) electrons. The second-order valence-corrected chi connectivity index (χ2v) is 11.5. The monoisotopic (exact) mass is 329 g/mol. The maximum absolute atomic E-state index is 11.7. The van der Waals surface area contributed by atoms with E-state index < -0.39 is 14.2 Å². The van der Waals surface area contributed by atoms with Crippen LogP contribution in [-0.4, -0.2) is 26.4 Å². The topological polar surface area (TPSA) is 58.6 Å². The maximum atomic E-state index is 11.7. The fourth-order valence-electron chi connectivity index (χ4n) is 2.52. The molecule has 2 aromatic rings. The van der Waals surface area contributed by atoms with Crippen molar-refractivity contribution in [2.75, 3.05) is 7.11 Å². The number of hydrogen-bond donors (Lipinski definition) is 2. The Morgan fingerprint density at radius 2 is 1.74 bits per heavy atom. The molecule has 0 fully saturated rings. The first-order chi connectivity index (χ1) is 10.8. The predicted molar refractivity (Wildman–Crippen MR) is 94.9 cm³/mol. The van der Waals surface area contributed by atoms with Crippen molar-refractivity contribution in [3.05, 3.63) is 59.7 Å². The minimum atomic E-state index is -1.70. The van der Waals surface area contributed by atoms with E-state index >= 15 is 0 Å². The summed E-state index contributed by atoms with van der Waals surface area (Å²) in [7, 11) is -0.349. The van der Waals surface area contributed by atoms with E-state index in [1.54, 1.807) is 6.07 Å². The lowest BCUT2D eigenvalue weighted by Gasteiger charge is -2.23. The van der Waals surface area contributed by atoms with Gasteiger partial charge in [0.25, 0.3) is 0 Å². The zero-order valence-corrected chi connectivity index (χ0v) is 15.0. The van der Waals surface area contributed by atoms with Gasteiger partial charge in [-0.3, -0.25) is 0 Å². The first-order valence-corrected chi connectivity index (χ1v) is 11.1. The van der Waals surface area contributed by atoms with Crippen molar-refractivity contribution < 1.29 is 14.6 Å². The smallest absolute Gasteiger partial charge is 0.407 e. The molecule has 0 aromatic heterocycles. The van der Waals surface area contributed by atoms with Crippen LogP contribution in [0.25, 0.3) is 0 Å². The molecule has 0 heterocycles. The van der Waals surface area contributed by atoms with Crippen LogP contribution in [0.5, 0.6) is 5.75 Å². The third kappa shape index (κ3) is 4.13. The molecule has 0 spiro atoms. The molecule has 0 aliphatic carbocycles. The normalized spacial score (nSPS) is 12.5. The molecular weight excluding hydrogens is 306 g/mol. The maximum Gasteiger partial charge on any atom is 0.407 e. The Hall–Kier alpha value is -2.27. The molecule has 0 saturated heterocycles. The molecule has 2 N–H and O–H groups in total. The van der Waals surface area contributed by atoms with E-state index in [-0.39, 0.29) is 6.04 Å². The van der Waals surface area contributed by atoms with Crippen LogP contribution in [0.1, 0.15) is 17.2 Å². The minimum absolute atomic E-state index is 0.317. The summed E-state index contributed by atoms with van der Waals surface area (Å²) in [5.41, 5.74) is 1.89. The highest BCUT2D eigenvalue weighted by Crippen LogP contribution is 2.24. The predicted octanol–water partition coefficient (Wildman–Crippen LogP) is 3.38. The number of aromatic hydroxyl groups is 1. The highest BCUT2D eigenvalue weighted by atomic mass is 28.3. The largest absolute Gasteiger partial charge is 0.508 e. The van der Waals surface area contributed by atoms with E-state index in [1.165, 1.54) is 7.11 Å². The van der Waals surface area contributed by atoms with Crippen LogP contribution in [-0.2, 0) is 4.74 Å². The van der Waals surface area contributed by atoms with Gasteiger partial charge in [-0.1, -0.05) is 62.1 Å². The SMILES string of the molecule is COC(=O)N[C@H](c1ccccc1)c1ccc(O)c([Si](C)(C)C)c1. The summed E-state index contributed by atoms with van der Waals surface area (Å²) in [6.45, 7) is 6.53. The third-order valence-corrected chi connectivity index (χ3v) is 5.76. The molecule has 5 heteroatoms. The lowest BCUT2D eigenvalue weighted by atomic mass is 9.99. The van der Waals surface area contributed by atoms with E-state index in [4.69, 9.17) is 4.74 Å². The highest BCUT2D eigenvalue weighted by molar-refractivity contribution is 6.89. The molecule has 0 unspecified atom stereocenters. The summed E-state index contributed by atoms with van der Waals surface area (Å²) in [6.07, 6.45) is -0.485. The van der Waals surface area contributed by atoms with Crippen LogP contribution < -0.4 is 10.5 Å². The Balaban J connectivity index is 2.49. The lowest BCUT2D eigenvalue weighted by molar-refractivity contribution is 0.168. The zero-order valence-electron chi connectivity index (χ0n) is 14.0. The number of alkyl carbamates (subject to hydrolysis) is 1. The van der Waals surface area contributed by atoms with Gasteiger partial charge in [-0.25, -0.2) is 4.79 Å². The molecule has 1 amide bonds. The Kier molecular flexibility index (Phi) is 5.11. The number of rotatable bonds is 4. The van der Waals surface area contributed by atoms with Crippen LogP contribution in [0.4, 0.5) is 4.79 Å². The molecule has 23 heavy (non-hydrogen) atoms. The summed E-state index contributed by atoms with van der Waals surface area (Å²) in [5.74, 6) is 0.317. The van der Waals surface area contributed by atoms with Gasteiger partial charge in [-0.05, 0) is 22.4 Å². The standard InChI is InChI=1S/C18H23NO3Si/c1-22-18(21)19-17(13-8-6-5-7-9-13)14-10-11-15(20)16(12-14)23(2,3)4/h5-12,17,20H,1-4H3,(H,19,21)/t17-/m1/s1. The number of hydrogen-bond acceptors (Lipinski definition) is 3. The van der Waals surface area contributed by atoms with Gasteiger partial charge in [0.2, 0.25) is 0 Å². The van der Waals surface area contributed by atoms with E-state index in [0.717, 1.165) is 16.3 Å². The fourth-order valence-corrected chi connectivity index (χ4v) is 3.97. The van der Waals surface area contributed by atoms with Crippen LogP contribution in [0.15, 0.2) is 48.5 Å². The van der Waals surface area contributed by atoms with Crippen molar-refractivity contribution in [1.82, 2.24) is 5.32 Å². The second-order valence-electron chi connectivity index (χ2n) is 6.51. The van der Waals surface area contributed by atoms with Gasteiger partial charge < -0.3 is 15.2 Å². The zero-order chi connectivity index (χ0) is 17.0. The average Bonchev–Trinajstić information content (AvgIpc) is 2.52. The number of phenols is 1. The number of benzene rings is 2. The van der Waals surface area contributed by atoms with E-state index in [0.29, 0.717) is 5.75 Å². The van der Waals surface area contributed by atoms with Gasteiger partial charge in [0, 0.05) is 0 Å². The molecule has 1 atom stereocenters. The Bertz CT molecular complexity index is 680. The van der Waals surface area contributed by atoms with Crippen molar-refractivity contribution in [2.24, 2.45) is 0 Å². The first kappa shape index (κ1) is 17.1. The van der Waals surface area contributed by atoms with Crippen molar-refractivity contribution in [3.8, 4) is 5.75 Å². The van der Waals surface area contributed by atoms with Gasteiger partial charge in [0.1, 0.15) is 5.75 Å². The van der Waals surface area contributed by atoms with Gasteiger partial charge in [0.15, 0.2) is 0 Å². The molecule has 0 saturated carbocycles. The van der Waals surface area contributed by atoms with E-state index in [9.17, 15) is 9.90 Å². The quantitative estimate of drug-likeness (QED) is 0.846. The average molecular weight is 329 g/mol. The minimum Gasteiger partial charge on any atom is -0.508 e. The first-order valence-electron chi connectivity index (χ1n) is 7.55. The highest BCUT2D eigenvalue weighted by Gasteiger charge is 2.24. The number of nitrogens with one attached hydrogen (secondary N) is 1. The van der Waals surface area contributed by atoms with Crippen molar-refractivity contribution in [1.29, 1.82) is 0 Å². The van der Waals surface area contributed by atoms with Gasteiger partial charge in [-0.15, -0.1) is 0 Å². The van der Waals surface area contributed by atoms with Crippen molar-refractivity contribution in [2.45, 2.75) is 25.7 Å². The number of carbonyl (C=O) groups is 1.